The topological polar surface area (TPSA) is 84.9 Å². The first-order valence-electron chi connectivity index (χ1n) is 7.81. The van der Waals surface area contributed by atoms with Crippen molar-refractivity contribution in [1.82, 2.24) is 5.32 Å². The fraction of sp³-hybridized carbons (Fsp3) is 0.529. The number of carboxylic acid groups (broad SMARTS) is 1. The first-order chi connectivity index (χ1) is 11.1. The van der Waals surface area contributed by atoms with Crippen molar-refractivity contribution in [2.75, 3.05) is 20.3 Å². The lowest BCUT2D eigenvalue weighted by Gasteiger charge is -2.07. The van der Waals surface area contributed by atoms with E-state index < -0.39 is 5.97 Å². The van der Waals surface area contributed by atoms with Gasteiger partial charge in [-0.3, -0.25) is 9.59 Å². The maximum absolute atomic E-state index is 11.6. The number of benzene rings is 1. The molecule has 0 atom stereocenters. The van der Waals surface area contributed by atoms with Crippen LogP contribution in [0.2, 0.25) is 0 Å². The summed E-state index contributed by atoms with van der Waals surface area (Å²) in [5.41, 5.74) is 0.954. The Kier molecular flexibility index (Phi) is 9.47. The molecule has 0 aliphatic carbocycles. The van der Waals surface area contributed by atoms with E-state index >= 15 is 0 Å². The molecule has 0 heterocycles. The van der Waals surface area contributed by atoms with E-state index in [4.69, 9.17) is 14.6 Å². The second kappa shape index (κ2) is 11.5. The van der Waals surface area contributed by atoms with Gasteiger partial charge in [0.15, 0.2) is 0 Å². The first kappa shape index (κ1) is 19.0. The van der Waals surface area contributed by atoms with Gasteiger partial charge in [0.05, 0.1) is 13.7 Å². The Bertz CT molecular complexity index is 490. The Morgan fingerprint density at radius 2 is 1.96 bits per heavy atom. The Morgan fingerprint density at radius 1 is 1.17 bits per heavy atom. The predicted molar refractivity (Wildman–Crippen MR) is 86.4 cm³/mol. The van der Waals surface area contributed by atoms with Gasteiger partial charge in [0, 0.05) is 13.0 Å². The normalized spacial score (nSPS) is 10.3. The Balaban J connectivity index is 2.02. The second-order valence-electron chi connectivity index (χ2n) is 5.25. The molecule has 0 spiro atoms. The third-order valence-corrected chi connectivity index (χ3v) is 3.28. The van der Waals surface area contributed by atoms with E-state index in [1.54, 1.807) is 7.11 Å². The first-order valence-corrected chi connectivity index (χ1v) is 7.81. The molecule has 0 saturated heterocycles. The highest BCUT2D eigenvalue weighted by Crippen LogP contribution is 2.13. The molecule has 1 aromatic rings. The highest BCUT2D eigenvalue weighted by Gasteiger charge is 2.02. The van der Waals surface area contributed by atoms with Crippen LogP contribution in [-0.4, -0.2) is 37.2 Å². The molecule has 23 heavy (non-hydrogen) atoms. The summed E-state index contributed by atoms with van der Waals surface area (Å²) in [7, 11) is 1.61. The fourth-order valence-corrected chi connectivity index (χ4v) is 2.06. The van der Waals surface area contributed by atoms with Crippen LogP contribution in [0.4, 0.5) is 0 Å². The molecular weight excluding hydrogens is 298 g/mol. The molecule has 6 heteroatoms. The van der Waals surface area contributed by atoms with Crippen LogP contribution in [0, 0.1) is 0 Å². The summed E-state index contributed by atoms with van der Waals surface area (Å²) < 4.78 is 10.5. The largest absolute Gasteiger partial charge is 0.497 e. The van der Waals surface area contributed by atoms with Crippen LogP contribution >= 0.6 is 0 Å². The predicted octanol–water partition coefficient (Wildman–Crippen LogP) is 2.36. The van der Waals surface area contributed by atoms with E-state index in [0.717, 1.165) is 30.6 Å². The van der Waals surface area contributed by atoms with Crippen molar-refractivity contribution in [3.05, 3.63) is 29.8 Å². The molecular formula is C17H25NO5. The molecule has 1 amide bonds. The Morgan fingerprint density at radius 3 is 2.70 bits per heavy atom. The van der Waals surface area contributed by atoms with Crippen molar-refractivity contribution in [3.63, 3.8) is 0 Å². The summed E-state index contributed by atoms with van der Waals surface area (Å²) >= 11 is 0. The number of hydrogen-bond acceptors (Lipinski definition) is 4. The molecule has 6 nitrogen and oxygen atoms in total. The van der Waals surface area contributed by atoms with E-state index in [2.05, 4.69) is 5.32 Å². The lowest BCUT2D eigenvalue weighted by molar-refractivity contribution is -0.137. The number of amides is 1. The average Bonchev–Trinajstić information content (AvgIpc) is 2.54. The maximum Gasteiger partial charge on any atom is 0.303 e. The van der Waals surface area contributed by atoms with Gasteiger partial charge in [0.2, 0.25) is 5.91 Å². The van der Waals surface area contributed by atoms with Gasteiger partial charge >= 0.3 is 5.97 Å². The molecule has 1 rings (SSSR count). The van der Waals surface area contributed by atoms with Crippen molar-refractivity contribution in [2.24, 2.45) is 0 Å². The van der Waals surface area contributed by atoms with Gasteiger partial charge in [-0.1, -0.05) is 25.0 Å². The third kappa shape index (κ3) is 9.52. The number of ether oxygens (including phenoxy) is 2. The minimum absolute atomic E-state index is 0.0240. The van der Waals surface area contributed by atoms with E-state index in [0.29, 0.717) is 19.6 Å². The van der Waals surface area contributed by atoms with Gasteiger partial charge in [0.1, 0.15) is 12.4 Å². The number of carboxylic acids is 1. The molecule has 0 bridgehead atoms. The standard InChI is InChI=1S/C17H25NO5/c1-22-15-8-6-7-14(11-15)12-23-13-16(19)18-10-5-3-2-4-9-17(20)21/h6-8,11H,2-5,9-10,12-13H2,1H3,(H,18,19)(H,20,21). The molecule has 0 saturated carbocycles. The average molecular weight is 323 g/mol. The highest BCUT2D eigenvalue weighted by molar-refractivity contribution is 5.77. The molecule has 0 fully saturated rings. The number of unbranched alkanes of at least 4 members (excludes halogenated alkanes) is 3. The van der Waals surface area contributed by atoms with Crippen LogP contribution in [0.1, 0.15) is 37.7 Å². The van der Waals surface area contributed by atoms with Crippen molar-refractivity contribution in [1.29, 1.82) is 0 Å². The molecule has 0 unspecified atom stereocenters. The number of carbonyl (C=O) groups excluding carboxylic acids is 1. The van der Waals surface area contributed by atoms with E-state index in [1.807, 2.05) is 24.3 Å². The molecule has 1 aromatic carbocycles. The summed E-state index contributed by atoms with van der Waals surface area (Å²) in [4.78, 5) is 21.9. The van der Waals surface area contributed by atoms with Gasteiger partial charge in [-0.2, -0.15) is 0 Å². The van der Waals surface area contributed by atoms with Crippen LogP contribution in [-0.2, 0) is 20.9 Å². The molecule has 128 valence electrons. The van der Waals surface area contributed by atoms with Gasteiger partial charge in [0.25, 0.3) is 0 Å². The summed E-state index contributed by atoms with van der Waals surface area (Å²) in [5, 5.41) is 11.3. The number of methoxy groups -OCH3 is 1. The SMILES string of the molecule is COc1cccc(COCC(=O)NCCCCCCC(=O)O)c1. The van der Waals surface area contributed by atoms with E-state index in [9.17, 15) is 9.59 Å². The Labute approximate surface area is 136 Å². The smallest absolute Gasteiger partial charge is 0.303 e. The lowest BCUT2D eigenvalue weighted by Crippen LogP contribution is -2.28. The minimum atomic E-state index is -0.758. The van der Waals surface area contributed by atoms with Crippen LogP contribution in [0.3, 0.4) is 0 Å². The van der Waals surface area contributed by atoms with Gasteiger partial charge in [-0.25, -0.2) is 0 Å². The van der Waals surface area contributed by atoms with Crippen molar-refractivity contribution >= 4 is 11.9 Å². The second-order valence-corrected chi connectivity index (χ2v) is 5.25. The molecule has 0 aliphatic rings. The zero-order valence-corrected chi connectivity index (χ0v) is 13.5. The van der Waals surface area contributed by atoms with Crippen LogP contribution < -0.4 is 10.1 Å². The summed E-state index contributed by atoms with van der Waals surface area (Å²) in [6, 6.07) is 7.52. The third-order valence-electron chi connectivity index (χ3n) is 3.28. The van der Waals surface area contributed by atoms with Gasteiger partial charge in [-0.15, -0.1) is 0 Å². The zero-order valence-electron chi connectivity index (χ0n) is 13.5. The zero-order chi connectivity index (χ0) is 16.9. The quantitative estimate of drug-likeness (QED) is 0.577. The maximum atomic E-state index is 11.6. The minimum Gasteiger partial charge on any atom is -0.497 e. The number of nitrogens with one attached hydrogen (secondary N) is 1. The molecule has 0 radical (unpaired) electrons. The van der Waals surface area contributed by atoms with Crippen molar-refractivity contribution in [3.8, 4) is 5.75 Å². The molecule has 0 aliphatic heterocycles. The monoisotopic (exact) mass is 323 g/mol. The van der Waals surface area contributed by atoms with E-state index in [1.165, 1.54) is 0 Å². The van der Waals surface area contributed by atoms with E-state index in [-0.39, 0.29) is 18.9 Å². The Hall–Kier alpha value is -2.08. The number of aliphatic carboxylic acids is 1. The summed E-state index contributed by atoms with van der Waals surface area (Å²) in [6.45, 7) is 0.977. The van der Waals surface area contributed by atoms with Crippen LogP contribution in [0.5, 0.6) is 5.75 Å². The van der Waals surface area contributed by atoms with Gasteiger partial charge in [-0.05, 0) is 30.5 Å². The van der Waals surface area contributed by atoms with Crippen molar-refractivity contribution < 1.29 is 24.2 Å². The van der Waals surface area contributed by atoms with Crippen molar-refractivity contribution in [2.45, 2.75) is 38.7 Å². The van der Waals surface area contributed by atoms with Crippen LogP contribution in [0.15, 0.2) is 24.3 Å². The molecule has 2 N–H and O–H groups in total. The summed E-state index contributed by atoms with van der Waals surface area (Å²) in [5.74, 6) is -0.136. The van der Waals surface area contributed by atoms with Crippen LogP contribution in [0.25, 0.3) is 0 Å². The molecule has 0 aromatic heterocycles. The number of hydrogen-bond donors (Lipinski definition) is 2. The van der Waals surface area contributed by atoms with Gasteiger partial charge < -0.3 is 19.9 Å². The number of rotatable bonds is 12. The fourth-order valence-electron chi connectivity index (χ4n) is 2.06. The lowest BCUT2D eigenvalue weighted by atomic mass is 10.1. The number of carbonyl (C=O) groups is 2. The summed E-state index contributed by atoms with van der Waals surface area (Å²) in [6.07, 6.45) is 3.53. The highest BCUT2D eigenvalue weighted by atomic mass is 16.5.